The summed E-state index contributed by atoms with van der Waals surface area (Å²) in [6.45, 7) is 5.67. The first-order chi connectivity index (χ1) is 14.2. The highest BCUT2D eigenvalue weighted by molar-refractivity contribution is 7.12. The van der Waals surface area contributed by atoms with Crippen LogP contribution in [0.1, 0.15) is 72.3 Å². The van der Waals surface area contributed by atoms with Crippen LogP contribution in [-0.4, -0.2) is 40.3 Å². The third-order valence-electron chi connectivity index (χ3n) is 6.01. The Balaban J connectivity index is 1.50. The monoisotopic (exact) mass is 410 g/mol. The van der Waals surface area contributed by atoms with Gasteiger partial charge in [-0.05, 0) is 68.4 Å². The van der Waals surface area contributed by atoms with E-state index < -0.39 is 0 Å². The van der Waals surface area contributed by atoms with Crippen molar-refractivity contribution < 1.29 is 4.79 Å². The van der Waals surface area contributed by atoms with Crippen LogP contribution in [0.4, 0.5) is 5.82 Å². The van der Waals surface area contributed by atoms with E-state index in [0.29, 0.717) is 17.4 Å². The largest absolute Gasteiger partial charge is 0.385 e. The number of likely N-dealkylation sites (tertiary alicyclic amines) is 1. The number of piperidine rings is 1. The fourth-order valence-electron chi connectivity index (χ4n) is 4.39. The van der Waals surface area contributed by atoms with Gasteiger partial charge < -0.3 is 15.6 Å². The molecule has 1 saturated heterocycles. The van der Waals surface area contributed by atoms with E-state index in [2.05, 4.69) is 16.8 Å². The lowest BCUT2D eigenvalue weighted by atomic mass is 9.89. The predicted octanol–water partition coefficient (Wildman–Crippen LogP) is 5.20. The molecule has 29 heavy (non-hydrogen) atoms. The Kier molecular flexibility index (Phi) is 6.31. The zero-order valence-electron chi connectivity index (χ0n) is 17.1. The van der Waals surface area contributed by atoms with Gasteiger partial charge in [0.15, 0.2) is 0 Å². The number of rotatable bonds is 8. The van der Waals surface area contributed by atoms with Gasteiger partial charge in [0, 0.05) is 5.56 Å². The number of ketones is 1. The molecule has 1 aliphatic heterocycles. The number of nitrogen functional groups attached to an aromatic ring is 1. The zero-order chi connectivity index (χ0) is 20.2. The molecule has 3 N–H and O–H groups in total. The number of nitrogens with zero attached hydrogens (tertiary/aromatic N) is 2. The quantitative estimate of drug-likeness (QED) is 0.395. The van der Waals surface area contributed by atoms with E-state index >= 15 is 0 Å². The molecule has 0 radical (unpaired) electrons. The number of nitrogens with one attached hydrogen (secondary N) is 1. The number of carbonyl (C=O) groups is 1. The third kappa shape index (κ3) is 4.38. The van der Waals surface area contributed by atoms with E-state index in [1.807, 2.05) is 23.6 Å². The van der Waals surface area contributed by atoms with Gasteiger partial charge in [0.2, 0.25) is 5.78 Å². The molecule has 0 atom stereocenters. The molecule has 1 fully saturated rings. The Hall–Kier alpha value is -2.18. The molecule has 1 aliphatic rings. The number of nitrogens with two attached hydrogens (primary N) is 1. The van der Waals surface area contributed by atoms with Crippen molar-refractivity contribution in [2.24, 2.45) is 0 Å². The van der Waals surface area contributed by atoms with E-state index in [1.54, 1.807) is 6.07 Å². The number of unbranched alkanes of at least 4 members (excludes halogenated alkanes) is 3. The van der Waals surface area contributed by atoms with Gasteiger partial charge in [0.1, 0.15) is 11.5 Å². The lowest BCUT2D eigenvalue weighted by Crippen LogP contribution is -2.33. The molecule has 0 bridgehead atoms. The number of anilines is 1. The van der Waals surface area contributed by atoms with Crippen molar-refractivity contribution in [3.8, 4) is 0 Å². The number of carbonyl (C=O) groups excluding carboxylic acids is 1. The van der Waals surface area contributed by atoms with Crippen LogP contribution in [-0.2, 0) is 0 Å². The minimum atomic E-state index is -0.0190. The van der Waals surface area contributed by atoms with Crippen molar-refractivity contribution in [1.82, 2.24) is 14.9 Å². The van der Waals surface area contributed by atoms with E-state index in [0.717, 1.165) is 47.4 Å². The molecule has 0 aliphatic carbocycles. The Labute approximate surface area is 176 Å². The van der Waals surface area contributed by atoms with Crippen molar-refractivity contribution >= 4 is 34.0 Å². The molecule has 0 saturated carbocycles. The van der Waals surface area contributed by atoms with Gasteiger partial charge in [-0.1, -0.05) is 32.3 Å². The maximum absolute atomic E-state index is 12.7. The van der Waals surface area contributed by atoms with E-state index in [1.165, 1.54) is 43.6 Å². The van der Waals surface area contributed by atoms with Crippen molar-refractivity contribution in [2.45, 2.75) is 51.4 Å². The molecule has 0 amide bonds. The van der Waals surface area contributed by atoms with Gasteiger partial charge in [0.05, 0.1) is 15.9 Å². The normalized spacial score (nSPS) is 15.9. The lowest BCUT2D eigenvalue weighted by Gasteiger charge is -2.32. The summed E-state index contributed by atoms with van der Waals surface area (Å²) in [5, 5.41) is 1.92. The number of hydrogen-bond acceptors (Lipinski definition) is 5. The van der Waals surface area contributed by atoms with E-state index in [-0.39, 0.29) is 5.78 Å². The lowest BCUT2D eigenvalue weighted by molar-refractivity contribution is 0.103. The van der Waals surface area contributed by atoms with Crippen LogP contribution >= 0.6 is 11.3 Å². The second-order valence-electron chi connectivity index (χ2n) is 8.03. The van der Waals surface area contributed by atoms with Crippen LogP contribution < -0.4 is 5.73 Å². The number of fused-ring (bicyclic) bond motifs is 1. The molecule has 0 aromatic carbocycles. The molecular weight excluding hydrogens is 380 g/mol. The van der Waals surface area contributed by atoms with Gasteiger partial charge in [-0.2, -0.15) is 0 Å². The predicted molar refractivity (Wildman–Crippen MR) is 121 cm³/mol. The average Bonchev–Trinajstić information content (AvgIpc) is 3.38. The Morgan fingerprint density at radius 3 is 2.79 bits per heavy atom. The van der Waals surface area contributed by atoms with Gasteiger partial charge in [-0.25, -0.2) is 4.98 Å². The van der Waals surface area contributed by atoms with Crippen LogP contribution in [0.5, 0.6) is 0 Å². The van der Waals surface area contributed by atoms with Crippen LogP contribution in [0.2, 0.25) is 0 Å². The van der Waals surface area contributed by atoms with Crippen molar-refractivity contribution in [2.75, 3.05) is 25.4 Å². The number of pyridine rings is 1. The molecule has 3 aromatic heterocycles. The summed E-state index contributed by atoms with van der Waals surface area (Å²) in [6, 6.07) is 7.47. The average molecular weight is 411 g/mol. The summed E-state index contributed by atoms with van der Waals surface area (Å²) in [5.74, 6) is 1.08. The molecule has 0 unspecified atom stereocenters. The van der Waals surface area contributed by atoms with Crippen molar-refractivity contribution in [3.05, 3.63) is 45.8 Å². The van der Waals surface area contributed by atoms with Gasteiger partial charge >= 0.3 is 0 Å². The molecule has 4 rings (SSSR count). The fourth-order valence-corrected chi connectivity index (χ4v) is 5.06. The van der Waals surface area contributed by atoms with Gasteiger partial charge in [-0.15, -0.1) is 11.3 Å². The summed E-state index contributed by atoms with van der Waals surface area (Å²) in [5.41, 5.74) is 9.74. The topological polar surface area (TPSA) is 75.0 Å². The maximum Gasteiger partial charge on any atom is 0.221 e. The van der Waals surface area contributed by atoms with Crippen LogP contribution in [0.25, 0.3) is 11.0 Å². The van der Waals surface area contributed by atoms with Crippen LogP contribution in [0.15, 0.2) is 29.6 Å². The van der Waals surface area contributed by atoms with Gasteiger partial charge in [0.25, 0.3) is 0 Å². The number of hydrogen-bond donors (Lipinski definition) is 2. The number of aromatic amines is 1. The first kappa shape index (κ1) is 20.1. The maximum atomic E-state index is 12.7. The Morgan fingerprint density at radius 2 is 2.07 bits per heavy atom. The summed E-state index contributed by atoms with van der Waals surface area (Å²) in [6.07, 6.45) is 7.43. The molecule has 3 aromatic rings. The number of aromatic nitrogens is 2. The second kappa shape index (κ2) is 9.09. The first-order valence-corrected chi connectivity index (χ1v) is 11.6. The van der Waals surface area contributed by atoms with E-state index in [4.69, 9.17) is 10.7 Å². The number of H-pyrrole nitrogens is 1. The van der Waals surface area contributed by atoms with Crippen molar-refractivity contribution in [3.63, 3.8) is 0 Å². The Morgan fingerprint density at radius 1 is 1.24 bits per heavy atom. The second-order valence-corrected chi connectivity index (χ2v) is 8.98. The minimum absolute atomic E-state index is 0.0190. The molecular formula is C23H30N4OS. The highest BCUT2D eigenvalue weighted by Gasteiger charge is 2.26. The van der Waals surface area contributed by atoms with Crippen LogP contribution in [0.3, 0.4) is 0 Å². The van der Waals surface area contributed by atoms with E-state index in [9.17, 15) is 4.79 Å². The molecule has 5 nitrogen and oxygen atoms in total. The standard InChI is InChI=1S/C23H30N4OS/c1-2-3-4-5-12-27-13-10-16(11-14-27)20-21-17(26-23(20)24)8-9-18(25-21)22(28)19-7-6-15-29-19/h6-9,15-16,26H,2-5,10-14,24H2,1H3. The highest BCUT2D eigenvalue weighted by atomic mass is 32.1. The van der Waals surface area contributed by atoms with Gasteiger partial charge in [-0.3, -0.25) is 4.79 Å². The Bertz CT molecular complexity index is 955. The smallest absolute Gasteiger partial charge is 0.221 e. The number of thiophene rings is 1. The summed E-state index contributed by atoms with van der Waals surface area (Å²) in [7, 11) is 0. The molecule has 6 heteroatoms. The van der Waals surface area contributed by atoms with Crippen LogP contribution in [0, 0.1) is 0 Å². The summed E-state index contributed by atoms with van der Waals surface area (Å²) < 4.78 is 0. The summed E-state index contributed by atoms with van der Waals surface area (Å²) in [4.78, 5) is 24.1. The third-order valence-corrected chi connectivity index (χ3v) is 6.88. The fraction of sp³-hybridized carbons (Fsp3) is 0.478. The molecule has 154 valence electrons. The molecule has 4 heterocycles. The molecule has 0 spiro atoms. The zero-order valence-corrected chi connectivity index (χ0v) is 17.9. The highest BCUT2D eigenvalue weighted by Crippen LogP contribution is 2.36. The summed E-state index contributed by atoms with van der Waals surface area (Å²) >= 11 is 1.45. The SMILES string of the molecule is CCCCCCN1CCC(c2c(N)[nH]c3ccc(C(=O)c4cccs4)nc23)CC1. The first-order valence-electron chi connectivity index (χ1n) is 10.8. The van der Waals surface area contributed by atoms with Crippen molar-refractivity contribution in [1.29, 1.82) is 0 Å². The minimum Gasteiger partial charge on any atom is -0.385 e.